The Kier molecular flexibility index (Phi) is 6.96. The maximum Gasteiger partial charge on any atom is 0.0826 e. The number of hydrogen-bond acceptors (Lipinski definition) is 4. The van der Waals surface area contributed by atoms with Crippen molar-refractivity contribution >= 4 is 0 Å². The number of likely N-dealkylation sites (N-methyl/N-ethyl adjacent to an activating group) is 1. The Morgan fingerprint density at radius 2 is 2.31 bits per heavy atom. The molecule has 1 aliphatic heterocycles. The maximum absolute atomic E-state index is 8.91. The van der Waals surface area contributed by atoms with Crippen molar-refractivity contribution in [3.63, 3.8) is 0 Å². The van der Waals surface area contributed by atoms with Crippen LogP contribution in [0.4, 0.5) is 0 Å². The highest BCUT2D eigenvalue weighted by atomic mass is 16.5. The predicted molar refractivity (Wildman–Crippen MR) is 65.6 cm³/mol. The second-order valence-corrected chi connectivity index (χ2v) is 4.41. The van der Waals surface area contributed by atoms with E-state index in [4.69, 9.17) is 9.84 Å². The smallest absolute Gasteiger partial charge is 0.0826 e. The van der Waals surface area contributed by atoms with Gasteiger partial charge in [-0.1, -0.05) is 13.8 Å². The SMILES string of the molecule is CCC(CCO)NCC1CN(CC)CCO1. The van der Waals surface area contributed by atoms with Crippen molar-refractivity contribution in [2.24, 2.45) is 0 Å². The molecule has 1 saturated heterocycles. The van der Waals surface area contributed by atoms with E-state index >= 15 is 0 Å². The molecule has 2 N–H and O–H groups in total. The van der Waals surface area contributed by atoms with Gasteiger partial charge in [0.15, 0.2) is 0 Å². The molecule has 1 fully saturated rings. The van der Waals surface area contributed by atoms with Crippen LogP contribution in [-0.2, 0) is 4.74 Å². The van der Waals surface area contributed by atoms with Crippen LogP contribution in [0.5, 0.6) is 0 Å². The molecule has 0 amide bonds. The third-order valence-corrected chi connectivity index (χ3v) is 3.27. The fraction of sp³-hybridized carbons (Fsp3) is 1.00. The number of ether oxygens (including phenoxy) is 1. The molecule has 1 rings (SSSR count). The van der Waals surface area contributed by atoms with Crippen LogP contribution in [0.25, 0.3) is 0 Å². The summed E-state index contributed by atoms with van der Waals surface area (Å²) in [5.41, 5.74) is 0. The van der Waals surface area contributed by atoms with Gasteiger partial charge < -0.3 is 15.2 Å². The summed E-state index contributed by atoms with van der Waals surface area (Å²) in [5, 5.41) is 12.4. The van der Waals surface area contributed by atoms with Gasteiger partial charge in [0.05, 0.1) is 12.7 Å². The zero-order valence-corrected chi connectivity index (χ0v) is 10.6. The summed E-state index contributed by atoms with van der Waals surface area (Å²) in [6.45, 7) is 9.53. The molecule has 1 heterocycles. The summed E-state index contributed by atoms with van der Waals surface area (Å²) in [7, 11) is 0. The topological polar surface area (TPSA) is 44.7 Å². The Hall–Kier alpha value is -0.160. The van der Waals surface area contributed by atoms with Crippen LogP contribution >= 0.6 is 0 Å². The number of aliphatic hydroxyl groups is 1. The minimum Gasteiger partial charge on any atom is -0.396 e. The second-order valence-electron chi connectivity index (χ2n) is 4.41. The number of rotatable bonds is 7. The third kappa shape index (κ3) is 4.78. The molecule has 0 radical (unpaired) electrons. The lowest BCUT2D eigenvalue weighted by Crippen LogP contribution is -2.48. The highest BCUT2D eigenvalue weighted by Crippen LogP contribution is 2.05. The first-order valence-electron chi connectivity index (χ1n) is 6.48. The quantitative estimate of drug-likeness (QED) is 0.667. The Balaban J connectivity index is 2.20. The summed E-state index contributed by atoms with van der Waals surface area (Å²) < 4.78 is 5.72. The Morgan fingerprint density at radius 3 is 2.94 bits per heavy atom. The van der Waals surface area contributed by atoms with Crippen molar-refractivity contribution in [3.8, 4) is 0 Å². The van der Waals surface area contributed by atoms with Crippen LogP contribution in [0.1, 0.15) is 26.7 Å². The molecule has 96 valence electrons. The number of hydrogen-bond donors (Lipinski definition) is 2. The molecule has 2 unspecified atom stereocenters. The lowest BCUT2D eigenvalue weighted by molar-refractivity contribution is -0.0266. The highest BCUT2D eigenvalue weighted by molar-refractivity contribution is 4.75. The number of nitrogens with one attached hydrogen (secondary N) is 1. The van der Waals surface area contributed by atoms with Crippen molar-refractivity contribution in [2.75, 3.05) is 39.4 Å². The van der Waals surface area contributed by atoms with Crippen LogP contribution in [0.2, 0.25) is 0 Å². The minimum atomic E-state index is 0.262. The molecule has 0 aromatic rings. The molecule has 0 bridgehead atoms. The van der Waals surface area contributed by atoms with E-state index in [0.29, 0.717) is 12.1 Å². The summed E-state index contributed by atoms with van der Waals surface area (Å²) >= 11 is 0. The largest absolute Gasteiger partial charge is 0.396 e. The fourth-order valence-electron chi connectivity index (χ4n) is 2.10. The van der Waals surface area contributed by atoms with Gasteiger partial charge in [-0.25, -0.2) is 0 Å². The normalized spacial score (nSPS) is 24.6. The van der Waals surface area contributed by atoms with E-state index < -0.39 is 0 Å². The van der Waals surface area contributed by atoms with Crippen LogP contribution in [0.3, 0.4) is 0 Å². The van der Waals surface area contributed by atoms with E-state index in [0.717, 1.165) is 45.6 Å². The second kappa shape index (κ2) is 8.01. The molecular formula is C12H26N2O2. The molecule has 0 spiro atoms. The molecule has 1 aliphatic rings. The number of nitrogens with zero attached hydrogens (tertiary/aromatic N) is 1. The molecule has 4 heteroatoms. The molecule has 0 aliphatic carbocycles. The lowest BCUT2D eigenvalue weighted by atomic mass is 10.1. The van der Waals surface area contributed by atoms with Gasteiger partial charge in [-0.05, 0) is 19.4 Å². The van der Waals surface area contributed by atoms with Crippen molar-refractivity contribution in [2.45, 2.75) is 38.8 Å². The van der Waals surface area contributed by atoms with Crippen molar-refractivity contribution in [3.05, 3.63) is 0 Å². The Morgan fingerprint density at radius 1 is 1.50 bits per heavy atom. The number of aliphatic hydroxyl groups excluding tert-OH is 1. The summed E-state index contributed by atoms with van der Waals surface area (Å²) in [6, 6.07) is 0.422. The van der Waals surface area contributed by atoms with E-state index in [1.165, 1.54) is 0 Å². The first-order valence-corrected chi connectivity index (χ1v) is 6.48. The van der Waals surface area contributed by atoms with Gasteiger partial charge in [0.1, 0.15) is 0 Å². The fourth-order valence-corrected chi connectivity index (χ4v) is 2.10. The third-order valence-electron chi connectivity index (χ3n) is 3.27. The lowest BCUT2D eigenvalue weighted by Gasteiger charge is -2.33. The summed E-state index contributed by atoms with van der Waals surface area (Å²) in [6.07, 6.45) is 2.20. The van der Waals surface area contributed by atoms with E-state index in [1.54, 1.807) is 0 Å². The van der Waals surface area contributed by atoms with E-state index in [1.807, 2.05) is 0 Å². The van der Waals surface area contributed by atoms with Gasteiger partial charge in [0.2, 0.25) is 0 Å². The molecule has 4 nitrogen and oxygen atoms in total. The average Bonchev–Trinajstić information content (AvgIpc) is 2.34. The zero-order chi connectivity index (χ0) is 11.8. The van der Waals surface area contributed by atoms with Gasteiger partial charge >= 0.3 is 0 Å². The molecular weight excluding hydrogens is 204 g/mol. The van der Waals surface area contributed by atoms with Gasteiger partial charge in [0.25, 0.3) is 0 Å². The Bertz CT molecular complexity index is 178. The predicted octanol–water partition coefficient (Wildman–Crippen LogP) is 0.458. The average molecular weight is 230 g/mol. The van der Waals surface area contributed by atoms with E-state index in [9.17, 15) is 0 Å². The minimum absolute atomic E-state index is 0.262. The summed E-state index contributed by atoms with van der Waals surface area (Å²) in [4.78, 5) is 2.42. The molecule has 2 atom stereocenters. The van der Waals surface area contributed by atoms with Crippen molar-refractivity contribution < 1.29 is 9.84 Å². The van der Waals surface area contributed by atoms with Crippen molar-refractivity contribution in [1.29, 1.82) is 0 Å². The number of morpholine rings is 1. The maximum atomic E-state index is 8.91. The first-order chi connectivity index (χ1) is 7.80. The van der Waals surface area contributed by atoms with Gasteiger partial charge in [0, 0.05) is 32.3 Å². The highest BCUT2D eigenvalue weighted by Gasteiger charge is 2.19. The standard InChI is InChI=1S/C12H26N2O2/c1-3-11(5-7-15)13-9-12-10-14(4-2)6-8-16-12/h11-13,15H,3-10H2,1-2H3. The van der Waals surface area contributed by atoms with Crippen LogP contribution in [0.15, 0.2) is 0 Å². The first kappa shape index (κ1) is 13.9. The van der Waals surface area contributed by atoms with E-state index in [-0.39, 0.29) is 6.61 Å². The summed E-state index contributed by atoms with van der Waals surface area (Å²) in [5.74, 6) is 0. The monoisotopic (exact) mass is 230 g/mol. The van der Waals surface area contributed by atoms with Crippen molar-refractivity contribution in [1.82, 2.24) is 10.2 Å². The zero-order valence-electron chi connectivity index (χ0n) is 10.6. The van der Waals surface area contributed by atoms with Gasteiger partial charge in [-0.2, -0.15) is 0 Å². The van der Waals surface area contributed by atoms with Gasteiger partial charge in [-0.3, -0.25) is 4.90 Å². The Labute approximate surface area is 99.0 Å². The van der Waals surface area contributed by atoms with Crippen LogP contribution in [-0.4, -0.2) is 61.5 Å². The van der Waals surface area contributed by atoms with Crippen LogP contribution in [0, 0.1) is 0 Å². The van der Waals surface area contributed by atoms with E-state index in [2.05, 4.69) is 24.1 Å². The molecule has 16 heavy (non-hydrogen) atoms. The van der Waals surface area contributed by atoms with Gasteiger partial charge in [-0.15, -0.1) is 0 Å². The molecule has 0 aromatic carbocycles. The van der Waals surface area contributed by atoms with Crippen LogP contribution < -0.4 is 5.32 Å². The molecule has 0 saturated carbocycles. The molecule has 0 aromatic heterocycles.